The van der Waals surface area contributed by atoms with Crippen LogP contribution < -0.4 is 5.32 Å². The first-order valence-corrected chi connectivity index (χ1v) is 6.45. The molecule has 1 aliphatic rings. The molecule has 0 unspecified atom stereocenters. The molecule has 0 aromatic heterocycles. The number of nitrogens with one attached hydrogen (secondary N) is 1. The van der Waals surface area contributed by atoms with Crippen molar-refractivity contribution in [3.63, 3.8) is 0 Å². The number of phenols is 1. The molecule has 1 heterocycles. The summed E-state index contributed by atoms with van der Waals surface area (Å²) in [4.78, 5) is 35.8. The predicted octanol–water partition coefficient (Wildman–Crippen LogP) is -0.0252. The molecule has 0 saturated carbocycles. The molecular weight excluding hydrogens is 311 g/mol. The van der Waals surface area contributed by atoms with Gasteiger partial charge in [0, 0.05) is 6.08 Å². The van der Waals surface area contributed by atoms with E-state index in [1.165, 1.54) is 0 Å². The van der Waals surface area contributed by atoms with Crippen molar-refractivity contribution in [1.29, 1.82) is 0 Å². The molecule has 2 rings (SSSR count). The van der Waals surface area contributed by atoms with Gasteiger partial charge < -0.3 is 20.3 Å². The molecule has 1 aromatic rings. The summed E-state index contributed by atoms with van der Waals surface area (Å²) >= 11 is 0. The van der Waals surface area contributed by atoms with E-state index in [0.717, 1.165) is 30.2 Å². The second kappa shape index (κ2) is 6.44. The Labute approximate surface area is 129 Å². The largest absolute Gasteiger partial charge is 0.503 e. The van der Waals surface area contributed by atoms with Gasteiger partial charge in [0.25, 0.3) is 11.8 Å². The fraction of sp³-hybridized carbons (Fsp3) is 0.214. The standard InChI is InChI=1S/C14H13FN2O6/c1-23-14(22)7-4-8(15)12(20)9(5-7)16-10-6-11(19)17(2-3-18)13(10)21/h4-6,16,18,20H,2-3H2,1H3. The number of hydrogen-bond donors (Lipinski definition) is 3. The third-order valence-electron chi connectivity index (χ3n) is 3.09. The molecule has 23 heavy (non-hydrogen) atoms. The van der Waals surface area contributed by atoms with Crippen molar-refractivity contribution in [2.24, 2.45) is 0 Å². The number of halogens is 1. The van der Waals surface area contributed by atoms with E-state index in [-0.39, 0.29) is 23.5 Å². The molecule has 1 aromatic carbocycles. The summed E-state index contributed by atoms with van der Waals surface area (Å²) in [5.41, 5.74) is -0.682. The minimum absolute atomic E-state index is 0.185. The fourth-order valence-electron chi connectivity index (χ4n) is 1.99. The third-order valence-corrected chi connectivity index (χ3v) is 3.09. The smallest absolute Gasteiger partial charge is 0.338 e. The van der Waals surface area contributed by atoms with Crippen LogP contribution >= 0.6 is 0 Å². The summed E-state index contributed by atoms with van der Waals surface area (Å²) in [5, 5.41) is 20.9. The maximum Gasteiger partial charge on any atom is 0.338 e. The average Bonchev–Trinajstić information content (AvgIpc) is 2.78. The zero-order chi connectivity index (χ0) is 17.1. The van der Waals surface area contributed by atoms with Gasteiger partial charge in [-0.1, -0.05) is 0 Å². The molecule has 8 nitrogen and oxygen atoms in total. The topological polar surface area (TPSA) is 116 Å². The number of benzene rings is 1. The van der Waals surface area contributed by atoms with E-state index in [1.807, 2.05) is 0 Å². The molecule has 0 fully saturated rings. The van der Waals surface area contributed by atoms with Crippen molar-refractivity contribution in [3.8, 4) is 5.75 Å². The van der Waals surface area contributed by atoms with Crippen LogP contribution in [0.25, 0.3) is 0 Å². The number of ether oxygens (including phenoxy) is 1. The quantitative estimate of drug-likeness (QED) is 0.396. The van der Waals surface area contributed by atoms with Crippen LogP contribution in [-0.2, 0) is 14.3 Å². The Bertz CT molecular complexity index is 715. The van der Waals surface area contributed by atoms with Crippen molar-refractivity contribution >= 4 is 23.5 Å². The number of carbonyl (C=O) groups excluding carboxylic acids is 3. The number of aliphatic hydroxyl groups excluding tert-OH is 1. The zero-order valence-electron chi connectivity index (χ0n) is 12.0. The van der Waals surface area contributed by atoms with Gasteiger partial charge in [-0.05, 0) is 12.1 Å². The van der Waals surface area contributed by atoms with E-state index in [4.69, 9.17) is 5.11 Å². The number of aromatic hydroxyl groups is 1. The molecule has 1 aliphatic heterocycles. The van der Waals surface area contributed by atoms with E-state index in [2.05, 4.69) is 10.1 Å². The molecule has 122 valence electrons. The van der Waals surface area contributed by atoms with Gasteiger partial charge in [0.2, 0.25) is 0 Å². The summed E-state index contributed by atoms with van der Waals surface area (Å²) in [6.45, 7) is -0.599. The number of rotatable bonds is 5. The van der Waals surface area contributed by atoms with Crippen molar-refractivity contribution in [2.45, 2.75) is 0 Å². The van der Waals surface area contributed by atoms with E-state index in [0.29, 0.717) is 0 Å². The van der Waals surface area contributed by atoms with Crippen LogP contribution in [0, 0.1) is 5.82 Å². The number of methoxy groups -OCH3 is 1. The molecule has 2 amide bonds. The number of hydrogen-bond acceptors (Lipinski definition) is 7. The average molecular weight is 324 g/mol. The lowest BCUT2D eigenvalue weighted by molar-refractivity contribution is -0.137. The first-order valence-electron chi connectivity index (χ1n) is 6.45. The first kappa shape index (κ1) is 16.4. The van der Waals surface area contributed by atoms with Crippen molar-refractivity contribution in [3.05, 3.63) is 35.3 Å². The number of β-amino-alcohol motifs (C(OH)–C–C–N with tert-alkyl or cyclic N) is 1. The Morgan fingerprint density at radius 3 is 2.70 bits per heavy atom. The van der Waals surface area contributed by atoms with Gasteiger partial charge in [0.05, 0.1) is 31.5 Å². The Kier molecular flexibility index (Phi) is 4.60. The predicted molar refractivity (Wildman–Crippen MR) is 74.9 cm³/mol. The van der Waals surface area contributed by atoms with Gasteiger partial charge >= 0.3 is 5.97 Å². The molecule has 0 atom stereocenters. The number of phenolic OH excluding ortho intramolecular Hbond substituents is 1. The maximum absolute atomic E-state index is 13.7. The second-order valence-electron chi connectivity index (χ2n) is 4.55. The fourth-order valence-corrected chi connectivity index (χ4v) is 1.99. The van der Waals surface area contributed by atoms with E-state index in [1.54, 1.807) is 0 Å². The highest BCUT2D eigenvalue weighted by Crippen LogP contribution is 2.30. The van der Waals surface area contributed by atoms with Crippen LogP contribution in [0.15, 0.2) is 23.9 Å². The molecule has 0 radical (unpaired) electrons. The zero-order valence-corrected chi connectivity index (χ0v) is 12.0. The van der Waals surface area contributed by atoms with Gasteiger partial charge in [-0.2, -0.15) is 0 Å². The number of aliphatic hydroxyl groups is 1. The van der Waals surface area contributed by atoms with Gasteiger partial charge in [0.1, 0.15) is 5.70 Å². The summed E-state index contributed by atoms with van der Waals surface area (Å²) in [7, 11) is 1.11. The summed E-state index contributed by atoms with van der Waals surface area (Å²) in [5.74, 6) is -4.15. The number of carbonyl (C=O) groups is 3. The van der Waals surface area contributed by atoms with Gasteiger partial charge in [-0.15, -0.1) is 0 Å². The molecule has 3 N–H and O–H groups in total. The van der Waals surface area contributed by atoms with Crippen LogP contribution in [0.4, 0.5) is 10.1 Å². The molecular formula is C14H13FN2O6. The number of nitrogens with zero attached hydrogens (tertiary/aromatic N) is 1. The van der Waals surface area contributed by atoms with Crippen LogP contribution in [-0.4, -0.2) is 53.2 Å². The van der Waals surface area contributed by atoms with Crippen LogP contribution in [0.3, 0.4) is 0 Å². The number of amides is 2. The number of imide groups is 1. The summed E-state index contributed by atoms with van der Waals surface area (Å²) < 4.78 is 18.1. The monoisotopic (exact) mass is 324 g/mol. The first-order chi connectivity index (χ1) is 10.9. The highest BCUT2D eigenvalue weighted by atomic mass is 19.1. The minimum atomic E-state index is -1.10. The van der Waals surface area contributed by atoms with E-state index >= 15 is 0 Å². The third kappa shape index (κ3) is 3.14. The molecule has 0 bridgehead atoms. The molecule has 0 saturated heterocycles. The second-order valence-corrected chi connectivity index (χ2v) is 4.55. The number of esters is 1. The highest BCUT2D eigenvalue weighted by Gasteiger charge is 2.31. The Morgan fingerprint density at radius 1 is 1.39 bits per heavy atom. The SMILES string of the molecule is COC(=O)c1cc(F)c(O)c(NC2=CC(=O)N(CCO)C2=O)c1. The Hall–Kier alpha value is -2.94. The van der Waals surface area contributed by atoms with Crippen molar-refractivity contribution in [2.75, 3.05) is 25.6 Å². The van der Waals surface area contributed by atoms with E-state index in [9.17, 15) is 23.9 Å². The van der Waals surface area contributed by atoms with Crippen LogP contribution in [0.1, 0.15) is 10.4 Å². The van der Waals surface area contributed by atoms with Gasteiger partial charge in [-0.3, -0.25) is 14.5 Å². The van der Waals surface area contributed by atoms with Crippen LogP contribution in [0.2, 0.25) is 0 Å². The Morgan fingerprint density at radius 2 is 2.09 bits per heavy atom. The van der Waals surface area contributed by atoms with Crippen molar-refractivity contribution in [1.82, 2.24) is 4.90 Å². The maximum atomic E-state index is 13.7. The normalized spacial score (nSPS) is 14.0. The van der Waals surface area contributed by atoms with Gasteiger partial charge in [-0.25, -0.2) is 9.18 Å². The Balaban J connectivity index is 2.32. The van der Waals surface area contributed by atoms with Crippen molar-refractivity contribution < 1.29 is 33.7 Å². The molecule has 0 spiro atoms. The van der Waals surface area contributed by atoms with Gasteiger partial charge in [0.15, 0.2) is 11.6 Å². The lowest BCUT2D eigenvalue weighted by Gasteiger charge is -2.14. The molecule has 9 heteroatoms. The lowest BCUT2D eigenvalue weighted by Crippen LogP contribution is -2.34. The summed E-state index contributed by atoms with van der Waals surface area (Å²) in [6.07, 6.45) is 0.945. The lowest BCUT2D eigenvalue weighted by atomic mass is 10.1. The van der Waals surface area contributed by atoms with Crippen LogP contribution in [0.5, 0.6) is 5.75 Å². The number of anilines is 1. The van der Waals surface area contributed by atoms with E-state index < -0.39 is 36.0 Å². The molecule has 0 aliphatic carbocycles. The minimum Gasteiger partial charge on any atom is -0.503 e. The summed E-state index contributed by atoms with van der Waals surface area (Å²) in [6, 6.07) is 1.86. The highest BCUT2D eigenvalue weighted by molar-refractivity contribution is 6.17.